The fraction of sp³-hybridized carbons (Fsp3) is 0.909. The van der Waals surface area contributed by atoms with E-state index in [0.29, 0.717) is 19.2 Å². The first-order valence-electron chi connectivity index (χ1n) is 5.83. The van der Waals surface area contributed by atoms with Gasteiger partial charge in [-0.1, -0.05) is 0 Å². The fourth-order valence-electron chi connectivity index (χ4n) is 2.48. The second-order valence-electron chi connectivity index (χ2n) is 4.51. The Morgan fingerprint density at radius 2 is 2.00 bits per heavy atom. The van der Waals surface area contributed by atoms with E-state index in [2.05, 4.69) is 4.90 Å². The largest absolute Gasteiger partial charge is 0.465 e. The molecule has 0 amide bonds. The molecule has 0 radical (unpaired) electrons. The second-order valence-corrected chi connectivity index (χ2v) is 4.51. The summed E-state index contributed by atoms with van der Waals surface area (Å²) < 4.78 is 5.02. The van der Waals surface area contributed by atoms with E-state index in [1.165, 1.54) is 0 Å². The number of ether oxygens (including phenoxy) is 1. The highest BCUT2D eigenvalue weighted by Crippen LogP contribution is 2.23. The molecule has 1 aliphatic carbocycles. The first kappa shape index (κ1) is 10.9. The molecular formula is C11H19NO3. The number of rotatable bonds is 1. The molecule has 1 saturated carbocycles. The first-order valence-corrected chi connectivity index (χ1v) is 5.83. The Hall–Kier alpha value is -0.610. The molecule has 0 bridgehead atoms. The van der Waals surface area contributed by atoms with E-state index in [4.69, 9.17) is 4.74 Å². The molecule has 0 aromatic rings. The van der Waals surface area contributed by atoms with Crippen LogP contribution in [0.3, 0.4) is 0 Å². The highest BCUT2D eigenvalue weighted by Gasteiger charge is 2.27. The number of aliphatic hydroxyl groups is 1. The van der Waals surface area contributed by atoms with Crippen molar-refractivity contribution in [3.63, 3.8) is 0 Å². The van der Waals surface area contributed by atoms with Gasteiger partial charge in [0.25, 0.3) is 0 Å². The summed E-state index contributed by atoms with van der Waals surface area (Å²) in [5.74, 6) is -0.0985. The molecule has 2 rings (SSSR count). The van der Waals surface area contributed by atoms with Crippen LogP contribution < -0.4 is 0 Å². The monoisotopic (exact) mass is 213 g/mol. The van der Waals surface area contributed by atoms with Crippen LogP contribution in [0.1, 0.15) is 32.1 Å². The molecule has 1 heterocycles. The van der Waals surface area contributed by atoms with Crippen LogP contribution in [0.15, 0.2) is 0 Å². The Balaban J connectivity index is 1.88. The zero-order valence-corrected chi connectivity index (χ0v) is 9.02. The van der Waals surface area contributed by atoms with Crippen LogP contribution in [0.4, 0.5) is 0 Å². The summed E-state index contributed by atoms with van der Waals surface area (Å²) in [6.07, 6.45) is 4.57. The summed E-state index contributed by atoms with van der Waals surface area (Å²) in [7, 11) is 0. The zero-order chi connectivity index (χ0) is 10.7. The lowest BCUT2D eigenvalue weighted by Gasteiger charge is -2.33. The van der Waals surface area contributed by atoms with Gasteiger partial charge in [-0.05, 0) is 32.1 Å². The lowest BCUT2D eigenvalue weighted by Crippen LogP contribution is -2.41. The SMILES string of the molecule is O=C1CN(C2CCC(O)CC2)CCCO1. The van der Waals surface area contributed by atoms with Crippen LogP contribution in [-0.4, -0.2) is 47.8 Å². The standard InChI is InChI=1S/C11H19NO3/c13-10-4-2-9(3-5-10)12-6-1-7-15-11(14)8-12/h9-10,13H,1-8H2. The van der Waals surface area contributed by atoms with Crippen LogP contribution in [0.5, 0.6) is 0 Å². The Kier molecular flexibility index (Phi) is 3.59. The summed E-state index contributed by atoms with van der Waals surface area (Å²) in [6.45, 7) is 1.94. The molecule has 0 unspecified atom stereocenters. The van der Waals surface area contributed by atoms with Crippen LogP contribution in [0.2, 0.25) is 0 Å². The van der Waals surface area contributed by atoms with Gasteiger partial charge in [-0.3, -0.25) is 9.69 Å². The predicted molar refractivity (Wildman–Crippen MR) is 55.4 cm³/mol. The second kappa shape index (κ2) is 4.94. The summed E-state index contributed by atoms with van der Waals surface area (Å²) >= 11 is 0. The average Bonchev–Trinajstić information content (AvgIpc) is 2.44. The Bertz CT molecular complexity index is 224. The molecule has 4 heteroatoms. The third kappa shape index (κ3) is 2.92. The molecule has 1 aliphatic heterocycles. The lowest BCUT2D eigenvalue weighted by molar-refractivity contribution is -0.143. The van der Waals surface area contributed by atoms with Gasteiger partial charge in [0.1, 0.15) is 0 Å². The summed E-state index contributed by atoms with van der Waals surface area (Å²) in [5, 5.41) is 9.42. The Labute approximate surface area is 90.2 Å². The average molecular weight is 213 g/mol. The van der Waals surface area contributed by atoms with Crippen molar-refractivity contribution in [3.8, 4) is 0 Å². The molecule has 0 spiro atoms. The third-order valence-electron chi connectivity index (χ3n) is 3.37. The molecule has 0 aromatic carbocycles. The van der Waals surface area contributed by atoms with Gasteiger partial charge in [0.05, 0.1) is 19.3 Å². The van der Waals surface area contributed by atoms with E-state index in [-0.39, 0.29) is 12.1 Å². The number of hydrogen-bond donors (Lipinski definition) is 1. The molecule has 86 valence electrons. The predicted octanol–water partition coefficient (Wildman–Crippen LogP) is 0.539. The van der Waals surface area contributed by atoms with Crippen molar-refractivity contribution in [2.45, 2.75) is 44.2 Å². The van der Waals surface area contributed by atoms with Crippen LogP contribution in [-0.2, 0) is 9.53 Å². The highest BCUT2D eigenvalue weighted by atomic mass is 16.5. The summed E-state index contributed by atoms with van der Waals surface area (Å²) in [6, 6.07) is 0.471. The van der Waals surface area contributed by atoms with Crippen molar-refractivity contribution in [2.24, 2.45) is 0 Å². The van der Waals surface area contributed by atoms with E-state index in [1.54, 1.807) is 0 Å². The number of carbonyl (C=O) groups is 1. The quantitative estimate of drug-likeness (QED) is 0.646. The topological polar surface area (TPSA) is 49.8 Å². The lowest BCUT2D eigenvalue weighted by atomic mass is 9.92. The summed E-state index contributed by atoms with van der Waals surface area (Å²) in [4.78, 5) is 13.5. The maximum absolute atomic E-state index is 11.3. The van der Waals surface area contributed by atoms with Crippen LogP contribution >= 0.6 is 0 Å². The van der Waals surface area contributed by atoms with Gasteiger partial charge < -0.3 is 9.84 Å². The molecule has 2 fully saturated rings. The van der Waals surface area contributed by atoms with Crippen molar-refractivity contribution in [2.75, 3.05) is 19.7 Å². The normalized spacial score (nSPS) is 34.6. The molecule has 4 nitrogen and oxygen atoms in total. The minimum Gasteiger partial charge on any atom is -0.465 e. The van der Waals surface area contributed by atoms with Crippen molar-refractivity contribution < 1.29 is 14.6 Å². The molecule has 2 aliphatic rings. The molecule has 1 N–H and O–H groups in total. The Morgan fingerprint density at radius 1 is 1.27 bits per heavy atom. The van der Waals surface area contributed by atoms with E-state index in [1.807, 2.05) is 0 Å². The van der Waals surface area contributed by atoms with Crippen LogP contribution in [0.25, 0.3) is 0 Å². The minimum absolute atomic E-state index is 0.0985. The van der Waals surface area contributed by atoms with E-state index < -0.39 is 0 Å². The van der Waals surface area contributed by atoms with Gasteiger partial charge in [-0.25, -0.2) is 0 Å². The van der Waals surface area contributed by atoms with Crippen molar-refractivity contribution in [1.29, 1.82) is 0 Å². The zero-order valence-electron chi connectivity index (χ0n) is 9.02. The maximum Gasteiger partial charge on any atom is 0.320 e. The van der Waals surface area contributed by atoms with Crippen molar-refractivity contribution in [1.82, 2.24) is 4.90 Å². The third-order valence-corrected chi connectivity index (χ3v) is 3.37. The van der Waals surface area contributed by atoms with Gasteiger partial charge >= 0.3 is 5.97 Å². The first-order chi connectivity index (χ1) is 7.25. The fourth-order valence-corrected chi connectivity index (χ4v) is 2.48. The van der Waals surface area contributed by atoms with Gasteiger partial charge in [0.2, 0.25) is 0 Å². The molecule has 1 saturated heterocycles. The number of nitrogens with zero attached hydrogens (tertiary/aromatic N) is 1. The van der Waals surface area contributed by atoms with E-state index in [0.717, 1.165) is 38.6 Å². The molecule has 15 heavy (non-hydrogen) atoms. The van der Waals surface area contributed by atoms with Gasteiger partial charge in [-0.15, -0.1) is 0 Å². The highest BCUT2D eigenvalue weighted by molar-refractivity contribution is 5.71. The summed E-state index contributed by atoms with van der Waals surface area (Å²) in [5.41, 5.74) is 0. The van der Waals surface area contributed by atoms with Gasteiger partial charge in [-0.2, -0.15) is 0 Å². The Morgan fingerprint density at radius 3 is 2.73 bits per heavy atom. The van der Waals surface area contributed by atoms with E-state index in [9.17, 15) is 9.90 Å². The molecule has 0 atom stereocenters. The number of aliphatic hydroxyl groups excluding tert-OH is 1. The number of hydrogen-bond acceptors (Lipinski definition) is 4. The number of cyclic esters (lactones) is 1. The number of carbonyl (C=O) groups excluding carboxylic acids is 1. The van der Waals surface area contributed by atoms with Gasteiger partial charge in [0, 0.05) is 12.6 Å². The molecular weight excluding hydrogens is 194 g/mol. The minimum atomic E-state index is -0.125. The van der Waals surface area contributed by atoms with Gasteiger partial charge in [0.15, 0.2) is 0 Å². The van der Waals surface area contributed by atoms with Crippen molar-refractivity contribution in [3.05, 3.63) is 0 Å². The van der Waals surface area contributed by atoms with Crippen LogP contribution in [0, 0.1) is 0 Å². The smallest absolute Gasteiger partial charge is 0.320 e. The molecule has 0 aromatic heterocycles. The van der Waals surface area contributed by atoms with Crippen molar-refractivity contribution >= 4 is 5.97 Å². The maximum atomic E-state index is 11.3. The number of esters is 1. The van der Waals surface area contributed by atoms with E-state index >= 15 is 0 Å².